The van der Waals surface area contributed by atoms with Crippen molar-refractivity contribution in [2.24, 2.45) is 5.10 Å². The van der Waals surface area contributed by atoms with Crippen LogP contribution in [0.25, 0.3) is 10.9 Å². The molecule has 2 heterocycles. The number of nitrogens with zero attached hydrogens (tertiary/aromatic N) is 2. The van der Waals surface area contributed by atoms with Crippen LogP contribution in [0.4, 0.5) is 5.69 Å². The Labute approximate surface area is 111 Å². The average molecular weight is 250 g/mol. The predicted molar refractivity (Wildman–Crippen MR) is 78.4 cm³/mol. The maximum Gasteiger partial charge on any atom is 0.0951 e. The summed E-state index contributed by atoms with van der Waals surface area (Å²) >= 11 is 0. The highest BCUT2D eigenvalue weighted by atomic mass is 15.3. The monoisotopic (exact) mass is 250 g/mol. The van der Waals surface area contributed by atoms with E-state index < -0.39 is 0 Å². The van der Waals surface area contributed by atoms with Gasteiger partial charge in [0.2, 0.25) is 0 Å². The first-order valence-electron chi connectivity index (χ1n) is 6.12. The molecule has 0 fully saturated rings. The molecular formula is C15H14N4. The maximum atomic E-state index is 4.38. The average Bonchev–Trinajstić information content (AvgIpc) is 2.99. The number of hydrazone groups is 1. The first-order valence-corrected chi connectivity index (χ1v) is 6.12. The van der Waals surface area contributed by atoms with Crippen molar-refractivity contribution >= 4 is 22.3 Å². The summed E-state index contributed by atoms with van der Waals surface area (Å²) in [5.74, 6) is 0. The number of aromatic amines is 1. The molecule has 2 N–H and O–H groups in total. The number of hydrogen-bond donors (Lipinski definition) is 2. The number of aromatic nitrogens is 2. The van der Waals surface area contributed by atoms with Crippen LogP contribution in [0.5, 0.6) is 0 Å². The summed E-state index contributed by atoms with van der Waals surface area (Å²) < 4.78 is 0. The van der Waals surface area contributed by atoms with Gasteiger partial charge in [0.25, 0.3) is 0 Å². The molecule has 0 aliphatic heterocycles. The minimum atomic E-state index is 0.901. The van der Waals surface area contributed by atoms with Crippen LogP contribution in [-0.2, 0) is 0 Å². The number of hydrogen-bond acceptors (Lipinski definition) is 3. The molecule has 3 aromatic rings. The quantitative estimate of drug-likeness (QED) is 0.553. The van der Waals surface area contributed by atoms with Gasteiger partial charge in [-0.1, -0.05) is 18.2 Å². The van der Waals surface area contributed by atoms with Crippen LogP contribution in [0.1, 0.15) is 12.6 Å². The van der Waals surface area contributed by atoms with Gasteiger partial charge in [-0.25, -0.2) is 0 Å². The third-order valence-corrected chi connectivity index (χ3v) is 2.96. The summed E-state index contributed by atoms with van der Waals surface area (Å²) in [7, 11) is 0. The minimum absolute atomic E-state index is 0.901. The van der Waals surface area contributed by atoms with Gasteiger partial charge < -0.3 is 4.98 Å². The molecule has 0 aliphatic rings. The van der Waals surface area contributed by atoms with Crippen molar-refractivity contribution in [3.8, 4) is 0 Å². The highest BCUT2D eigenvalue weighted by Crippen LogP contribution is 2.20. The van der Waals surface area contributed by atoms with Crippen LogP contribution in [0.3, 0.4) is 0 Å². The van der Waals surface area contributed by atoms with Crippen molar-refractivity contribution in [3.63, 3.8) is 0 Å². The molecule has 0 amide bonds. The second-order valence-electron chi connectivity index (χ2n) is 4.27. The molecule has 0 saturated carbocycles. The van der Waals surface area contributed by atoms with E-state index in [1.54, 1.807) is 6.20 Å². The van der Waals surface area contributed by atoms with Gasteiger partial charge in [0.15, 0.2) is 0 Å². The van der Waals surface area contributed by atoms with Crippen molar-refractivity contribution in [2.45, 2.75) is 6.92 Å². The smallest absolute Gasteiger partial charge is 0.0951 e. The molecule has 0 radical (unpaired) electrons. The summed E-state index contributed by atoms with van der Waals surface area (Å²) in [6.45, 7) is 1.96. The van der Waals surface area contributed by atoms with Gasteiger partial charge in [-0.2, -0.15) is 5.10 Å². The molecule has 0 aliphatic carbocycles. The third-order valence-electron chi connectivity index (χ3n) is 2.96. The van der Waals surface area contributed by atoms with Crippen LogP contribution >= 0.6 is 0 Å². The molecule has 0 unspecified atom stereocenters. The number of pyridine rings is 1. The van der Waals surface area contributed by atoms with E-state index in [2.05, 4.69) is 20.5 Å². The van der Waals surface area contributed by atoms with E-state index >= 15 is 0 Å². The molecule has 1 aromatic carbocycles. The fraction of sp³-hybridized carbons (Fsp3) is 0.0667. The number of para-hydroxylation sites is 1. The molecular weight excluding hydrogens is 236 g/mol. The van der Waals surface area contributed by atoms with Gasteiger partial charge in [-0.3, -0.25) is 10.4 Å². The van der Waals surface area contributed by atoms with E-state index in [0.717, 1.165) is 28.0 Å². The van der Waals surface area contributed by atoms with Crippen molar-refractivity contribution in [1.29, 1.82) is 0 Å². The van der Waals surface area contributed by atoms with Crippen LogP contribution in [0.15, 0.2) is 60.0 Å². The Kier molecular flexibility index (Phi) is 2.98. The predicted octanol–water partition coefficient (Wildman–Crippen LogP) is 3.40. The SMILES string of the molecule is C/C(=N/Nc1cccc2cccnc12)c1ccc[nH]1. The standard InChI is InChI=1S/C15H14N4/c1-11(13-8-4-9-16-13)18-19-14-7-2-5-12-6-3-10-17-15(12)14/h2-10,16,19H,1H3/b18-11-. The number of anilines is 1. The van der Waals surface area contributed by atoms with Crippen LogP contribution in [0.2, 0.25) is 0 Å². The zero-order valence-corrected chi connectivity index (χ0v) is 10.6. The summed E-state index contributed by atoms with van der Waals surface area (Å²) in [5, 5.41) is 5.48. The Bertz CT molecular complexity index is 709. The van der Waals surface area contributed by atoms with Crippen LogP contribution in [0, 0.1) is 0 Å². The van der Waals surface area contributed by atoms with Crippen molar-refractivity contribution in [2.75, 3.05) is 5.43 Å². The third kappa shape index (κ3) is 2.33. The lowest BCUT2D eigenvalue weighted by atomic mass is 10.2. The lowest BCUT2D eigenvalue weighted by molar-refractivity contribution is 1.28. The van der Waals surface area contributed by atoms with E-state index in [0.29, 0.717) is 0 Å². The number of H-pyrrole nitrogens is 1. The summed E-state index contributed by atoms with van der Waals surface area (Å²) in [6, 6.07) is 13.9. The topological polar surface area (TPSA) is 53.1 Å². The zero-order chi connectivity index (χ0) is 13.1. The molecule has 0 atom stereocenters. The molecule has 94 valence electrons. The Hall–Kier alpha value is -2.62. The molecule has 3 rings (SSSR count). The van der Waals surface area contributed by atoms with E-state index in [1.165, 1.54) is 0 Å². The normalized spacial score (nSPS) is 11.7. The second-order valence-corrected chi connectivity index (χ2v) is 4.27. The molecule has 4 heteroatoms. The molecule has 0 bridgehead atoms. The number of nitrogens with one attached hydrogen (secondary N) is 2. The van der Waals surface area contributed by atoms with Crippen LogP contribution in [-0.4, -0.2) is 15.7 Å². The fourth-order valence-electron chi connectivity index (χ4n) is 1.95. The Morgan fingerprint density at radius 3 is 2.89 bits per heavy atom. The van der Waals surface area contributed by atoms with E-state index in [1.807, 2.05) is 55.6 Å². The lowest BCUT2D eigenvalue weighted by Crippen LogP contribution is -2.00. The number of rotatable bonds is 3. The van der Waals surface area contributed by atoms with Gasteiger partial charge in [0.05, 0.1) is 22.6 Å². The molecule has 19 heavy (non-hydrogen) atoms. The lowest BCUT2D eigenvalue weighted by Gasteiger charge is -2.05. The van der Waals surface area contributed by atoms with Crippen molar-refractivity contribution in [1.82, 2.24) is 9.97 Å². The van der Waals surface area contributed by atoms with E-state index in [9.17, 15) is 0 Å². The van der Waals surface area contributed by atoms with E-state index in [-0.39, 0.29) is 0 Å². The van der Waals surface area contributed by atoms with Gasteiger partial charge >= 0.3 is 0 Å². The Morgan fingerprint density at radius 2 is 2.05 bits per heavy atom. The van der Waals surface area contributed by atoms with Crippen LogP contribution < -0.4 is 5.43 Å². The van der Waals surface area contributed by atoms with E-state index in [4.69, 9.17) is 0 Å². The molecule has 0 saturated heterocycles. The first-order chi connectivity index (χ1) is 9.34. The second kappa shape index (κ2) is 4.94. The fourth-order valence-corrected chi connectivity index (χ4v) is 1.95. The highest BCUT2D eigenvalue weighted by molar-refractivity contribution is 5.98. The highest BCUT2D eigenvalue weighted by Gasteiger charge is 2.01. The Balaban J connectivity index is 1.92. The minimum Gasteiger partial charge on any atom is -0.360 e. The maximum absolute atomic E-state index is 4.38. The zero-order valence-electron chi connectivity index (χ0n) is 10.6. The van der Waals surface area contributed by atoms with Crippen molar-refractivity contribution in [3.05, 3.63) is 60.6 Å². The summed E-state index contributed by atoms with van der Waals surface area (Å²) in [5.41, 5.74) is 6.81. The number of fused-ring (bicyclic) bond motifs is 1. The van der Waals surface area contributed by atoms with Gasteiger partial charge in [0.1, 0.15) is 0 Å². The van der Waals surface area contributed by atoms with Gasteiger partial charge in [0, 0.05) is 17.8 Å². The van der Waals surface area contributed by atoms with Gasteiger partial charge in [-0.05, 0) is 31.2 Å². The first kappa shape index (κ1) is 11.5. The van der Waals surface area contributed by atoms with Crippen molar-refractivity contribution < 1.29 is 0 Å². The largest absolute Gasteiger partial charge is 0.360 e. The summed E-state index contributed by atoms with van der Waals surface area (Å²) in [6.07, 6.45) is 3.67. The molecule has 2 aromatic heterocycles. The Morgan fingerprint density at radius 1 is 1.16 bits per heavy atom. The number of benzene rings is 1. The van der Waals surface area contributed by atoms with Gasteiger partial charge in [-0.15, -0.1) is 0 Å². The summed E-state index contributed by atoms with van der Waals surface area (Å²) in [4.78, 5) is 7.51. The molecule has 4 nitrogen and oxygen atoms in total. The molecule has 0 spiro atoms.